The molecule has 0 spiro atoms. The molecule has 0 saturated carbocycles. The van der Waals surface area contributed by atoms with E-state index in [1.807, 2.05) is 50.2 Å². The summed E-state index contributed by atoms with van der Waals surface area (Å²) < 4.78 is 5.42. The molecule has 2 N–H and O–H groups in total. The first-order chi connectivity index (χ1) is 18.4. The van der Waals surface area contributed by atoms with Crippen LogP contribution in [-0.2, 0) is 16.1 Å². The zero-order valence-corrected chi connectivity index (χ0v) is 22.4. The molecular formula is C29H32ClN5O3. The molecule has 38 heavy (non-hydrogen) atoms. The fourth-order valence-corrected chi connectivity index (χ4v) is 5.22. The van der Waals surface area contributed by atoms with Crippen LogP contribution in [0.1, 0.15) is 59.3 Å². The Hall–Kier alpha value is -3.49. The molecule has 1 unspecified atom stereocenters. The standard InChI is InChI=1S/C29H32ClN5O3/c1-3-25(19-6-4-5-18(2)13-19)33-26(36)17-35-16-21-8-7-20(14-23(21)28(35)37)27-24(30)15-31-29(34-27)32-22-9-11-38-12-10-22/h4-8,13-15,22,25H,3,9-12,16-17H2,1-2H3,(H,33,36)(H,31,32,34). The monoisotopic (exact) mass is 533 g/mol. The number of hydrogen-bond donors (Lipinski definition) is 2. The third-order valence-electron chi connectivity index (χ3n) is 7.08. The molecule has 3 heterocycles. The second-order valence-electron chi connectivity index (χ2n) is 9.90. The van der Waals surface area contributed by atoms with E-state index in [0.29, 0.717) is 42.0 Å². The minimum Gasteiger partial charge on any atom is -0.381 e. The quantitative estimate of drug-likeness (QED) is 0.426. The predicted octanol–water partition coefficient (Wildman–Crippen LogP) is 4.92. The van der Waals surface area contributed by atoms with Gasteiger partial charge < -0.3 is 20.3 Å². The Kier molecular flexibility index (Phi) is 7.90. The minimum atomic E-state index is -0.178. The maximum Gasteiger partial charge on any atom is 0.254 e. The first-order valence-corrected chi connectivity index (χ1v) is 13.4. The summed E-state index contributed by atoms with van der Waals surface area (Å²) in [6.45, 7) is 5.88. The summed E-state index contributed by atoms with van der Waals surface area (Å²) in [6.07, 6.45) is 4.12. The van der Waals surface area contributed by atoms with Crippen LogP contribution in [0.4, 0.5) is 5.95 Å². The average molecular weight is 534 g/mol. The number of nitrogens with zero attached hydrogens (tertiary/aromatic N) is 3. The molecule has 2 aliphatic rings. The van der Waals surface area contributed by atoms with Gasteiger partial charge in [0.25, 0.3) is 5.91 Å². The lowest BCUT2D eigenvalue weighted by atomic mass is 10.0. The van der Waals surface area contributed by atoms with Gasteiger partial charge in [-0.15, -0.1) is 0 Å². The van der Waals surface area contributed by atoms with Gasteiger partial charge in [-0.25, -0.2) is 9.97 Å². The summed E-state index contributed by atoms with van der Waals surface area (Å²) in [5.41, 5.74) is 4.95. The molecule has 1 saturated heterocycles. The maximum absolute atomic E-state index is 13.3. The zero-order valence-electron chi connectivity index (χ0n) is 21.7. The van der Waals surface area contributed by atoms with Crippen molar-refractivity contribution in [1.82, 2.24) is 20.2 Å². The van der Waals surface area contributed by atoms with E-state index in [1.165, 1.54) is 0 Å². The fourth-order valence-electron chi connectivity index (χ4n) is 5.02. The molecule has 5 rings (SSSR count). The minimum absolute atomic E-state index is 0.00139. The van der Waals surface area contributed by atoms with Crippen molar-refractivity contribution in [3.8, 4) is 11.3 Å². The van der Waals surface area contributed by atoms with Crippen molar-refractivity contribution in [3.05, 3.63) is 75.9 Å². The Labute approximate surface area is 227 Å². The first-order valence-electron chi connectivity index (χ1n) is 13.1. The van der Waals surface area contributed by atoms with Crippen LogP contribution < -0.4 is 10.6 Å². The molecular weight excluding hydrogens is 502 g/mol. The van der Waals surface area contributed by atoms with Crippen LogP contribution in [0.3, 0.4) is 0 Å². The van der Waals surface area contributed by atoms with Crippen molar-refractivity contribution in [2.24, 2.45) is 0 Å². The van der Waals surface area contributed by atoms with Crippen molar-refractivity contribution in [2.75, 3.05) is 25.1 Å². The number of carbonyl (C=O) groups is 2. The van der Waals surface area contributed by atoms with Gasteiger partial charge in [0.1, 0.15) is 6.54 Å². The lowest BCUT2D eigenvalue weighted by Gasteiger charge is -2.23. The molecule has 8 nitrogen and oxygen atoms in total. The molecule has 2 aliphatic heterocycles. The number of amides is 2. The predicted molar refractivity (Wildman–Crippen MR) is 147 cm³/mol. The number of anilines is 1. The number of aryl methyl sites for hydroxylation is 1. The molecule has 0 radical (unpaired) electrons. The Balaban J connectivity index is 1.28. The number of benzene rings is 2. The van der Waals surface area contributed by atoms with E-state index in [2.05, 4.69) is 26.7 Å². The summed E-state index contributed by atoms with van der Waals surface area (Å²) in [7, 11) is 0. The molecule has 0 bridgehead atoms. The molecule has 198 valence electrons. The van der Waals surface area contributed by atoms with Crippen molar-refractivity contribution in [1.29, 1.82) is 0 Å². The van der Waals surface area contributed by atoms with Crippen LogP contribution in [0.2, 0.25) is 5.02 Å². The van der Waals surface area contributed by atoms with Crippen LogP contribution in [0.25, 0.3) is 11.3 Å². The van der Waals surface area contributed by atoms with E-state index < -0.39 is 0 Å². The van der Waals surface area contributed by atoms with Gasteiger partial charge in [0.2, 0.25) is 11.9 Å². The molecule has 2 aromatic carbocycles. The van der Waals surface area contributed by atoms with E-state index in [-0.39, 0.29) is 30.4 Å². The van der Waals surface area contributed by atoms with Gasteiger partial charge in [-0.1, -0.05) is 60.5 Å². The number of halogens is 1. The summed E-state index contributed by atoms with van der Waals surface area (Å²) in [5, 5.41) is 6.86. The number of carbonyl (C=O) groups excluding carboxylic acids is 2. The second-order valence-corrected chi connectivity index (χ2v) is 10.3. The fraction of sp³-hybridized carbons (Fsp3) is 0.379. The maximum atomic E-state index is 13.3. The van der Waals surface area contributed by atoms with Crippen LogP contribution in [0, 0.1) is 6.92 Å². The molecule has 3 aromatic rings. The lowest BCUT2D eigenvalue weighted by Crippen LogP contribution is -2.39. The van der Waals surface area contributed by atoms with Crippen LogP contribution in [0.15, 0.2) is 48.7 Å². The smallest absolute Gasteiger partial charge is 0.254 e. The van der Waals surface area contributed by atoms with Crippen molar-refractivity contribution < 1.29 is 14.3 Å². The van der Waals surface area contributed by atoms with Gasteiger partial charge in [0.05, 0.1) is 23.0 Å². The highest BCUT2D eigenvalue weighted by Gasteiger charge is 2.30. The van der Waals surface area contributed by atoms with E-state index in [1.54, 1.807) is 11.1 Å². The number of hydrogen-bond acceptors (Lipinski definition) is 6. The molecule has 1 aromatic heterocycles. The molecule has 1 atom stereocenters. The third kappa shape index (κ3) is 5.81. The van der Waals surface area contributed by atoms with Crippen LogP contribution in [0.5, 0.6) is 0 Å². The van der Waals surface area contributed by atoms with Crippen molar-refractivity contribution in [2.45, 2.75) is 51.7 Å². The third-order valence-corrected chi connectivity index (χ3v) is 7.36. The van der Waals surface area contributed by atoms with Gasteiger partial charge >= 0.3 is 0 Å². The van der Waals surface area contributed by atoms with Gasteiger partial charge in [-0.2, -0.15) is 0 Å². The number of nitrogens with one attached hydrogen (secondary N) is 2. The molecule has 9 heteroatoms. The van der Waals surface area contributed by atoms with E-state index in [9.17, 15) is 9.59 Å². The largest absolute Gasteiger partial charge is 0.381 e. The normalized spacial score (nSPS) is 16.3. The van der Waals surface area contributed by atoms with Gasteiger partial charge in [-0.05, 0) is 43.4 Å². The summed E-state index contributed by atoms with van der Waals surface area (Å²) in [6, 6.07) is 13.9. The lowest BCUT2D eigenvalue weighted by molar-refractivity contribution is -0.122. The Morgan fingerprint density at radius 3 is 2.79 bits per heavy atom. The second kappa shape index (κ2) is 11.5. The number of fused-ring (bicyclic) bond motifs is 1. The number of ether oxygens (including phenoxy) is 1. The molecule has 2 amide bonds. The Bertz CT molecular complexity index is 1340. The highest BCUT2D eigenvalue weighted by Crippen LogP contribution is 2.32. The highest BCUT2D eigenvalue weighted by molar-refractivity contribution is 6.33. The Morgan fingerprint density at radius 1 is 1.21 bits per heavy atom. The summed E-state index contributed by atoms with van der Waals surface area (Å²) in [5.74, 6) is 0.147. The zero-order chi connectivity index (χ0) is 26.6. The van der Waals surface area contributed by atoms with Crippen LogP contribution in [-0.4, -0.2) is 52.5 Å². The molecule has 0 aliphatic carbocycles. The summed E-state index contributed by atoms with van der Waals surface area (Å²) >= 11 is 6.46. The van der Waals surface area contributed by atoms with Gasteiger partial charge in [-0.3, -0.25) is 9.59 Å². The SMILES string of the molecule is CCC(NC(=O)CN1Cc2ccc(-c3nc(NC4CCOCC4)ncc3Cl)cc2C1=O)c1cccc(C)c1. The van der Waals surface area contributed by atoms with Crippen molar-refractivity contribution in [3.63, 3.8) is 0 Å². The number of rotatable bonds is 8. The van der Waals surface area contributed by atoms with E-state index >= 15 is 0 Å². The summed E-state index contributed by atoms with van der Waals surface area (Å²) in [4.78, 5) is 36.7. The first kappa shape index (κ1) is 26.1. The van der Waals surface area contributed by atoms with Crippen LogP contribution >= 0.6 is 11.6 Å². The highest BCUT2D eigenvalue weighted by atomic mass is 35.5. The van der Waals surface area contributed by atoms with Gasteiger partial charge in [0.15, 0.2) is 0 Å². The van der Waals surface area contributed by atoms with Crippen molar-refractivity contribution >= 4 is 29.4 Å². The Morgan fingerprint density at radius 2 is 2.03 bits per heavy atom. The van der Waals surface area contributed by atoms with Gasteiger partial charge in [0, 0.05) is 36.9 Å². The van der Waals surface area contributed by atoms with E-state index in [4.69, 9.17) is 16.3 Å². The molecule has 1 fully saturated rings. The average Bonchev–Trinajstić information content (AvgIpc) is 3.23. The van der Waals surface area contributed by atoms with E-state index in [0.717, 1.165) is 41.5 Å². The number of aromatic nitrogens is 2. The topological polar surface area (TPSA) is 96.5 Å².